The van der Waals surface area contributed by atoms with Crippen LogP contribution in [0.1, 0.15) is 31.2 Å². The van der Waals surface area contributed by atoms with Gasteiger partial charge in [0.2, 0.25) is 5.91 Å². The molecule has 1 aliphatic carbocycles. The van der Waals surface area contributed by atoms with E-state index < -0.39 is 17.2 Å². The van der Waals surface area contributed by atoms with Crippen LogP contribution in [-0.4, -0.2) is 28.4 Å². The van der Waals surface area contributed by atoms with Gasteiger partial charge in [0.25, 0.3) is 0 Å². The average Bonchev–Trinajstić information content (AvgIpc) is 2.45. The van der Waals surface area contributed by atoms with Crippen molar-refractivity contribution < 1.29 is 19.1 Å². The van der Waals surface area contributed by atoms with Crippen LogP contribution in [0.5, 0.6) is 0 Å². The third kappa shape index (κ3) is 3.99. The summed E-state index contributed by atoms with van der Waals surface area (Å²) < 4.78 is 14.6. The minimum absolute atomic E-state index is 0.0498. The molecule has 1 aromatic carbocycles. The van der Waals surface area contributed by atoms with Crippen LogP contribution in [0.4, 0.5) is 4.39 Å². The number of carboxylic acid groups (broad SMARTS) is 1. The number of rotatable bonds is 7. The molecular weight excluding hydrogens is 365 g/mol. The normalized spacial score (nSPS) is 15.6. The Morgan fingerprint density at radius 1 is 1.43 bits per heavy atom. The number of hydrogen-bond donors (Lipinski definition) is 1. The highest BCUT2D eigenvalue weighted by Gasteiger charge is 2.46. The van der Waals surface area contributed by atoms with Gasteiger partial charge < -0.3 is 10.0 Å². The van der Waals surface area contributed by atoms with E-state index in [1.807, 2.05) is 0 Å². The summed E-state index contributed by atoms with van der Waals surface area (Å²) in [5, 5.41) is 9.36. The van der Waals surface area contributed by atoms with Gasteiger partial charge in [-0.2, -0.15) is 0 Å². The van der Waals surface area contributed by atoms with Crippen molar-refractivity contribution in [2.24, 2.45) is 5.41 Å². The molecule has 0 unspecified atom stereocenters. The van der Waals surface area contributed by atoms with Crippen LogP contribution < -0.4 is 0 Å². The number of hydrogen-bond acceptors (Lipinski definition) is 2. The SMILES string of the molecule is C=CCN(Cc1cc(Br)ccc1F)C(=O)CC1(C(=O)O)CCC1. The molecule has 0 atom stereocenters. The number of carbonyl (C=O) groups excluding carboxylic acids is 1. The van der Waals surface area contributed by atoms with Gasteiger partial charge in [-0.15, -0.1) is 6.58 Å². The van der Waals surface area contributed by atoms with E-state index in [1.165, 1.54) is 11.0 Å². The first-order valence-corrected chi connectivity index (χ1v) is 8.23. The number of carbonyl (C=O) groups is 2. The number of nitrogens with zero attached hydrogens (tertiary/aromatic N) is 1. The lowest BCUT2D eigenvalue weighted by Crippen LogP contribution is -2.43. The van der Waals surface area contributed by atoms with Gasteiger partial charge >= 0.3 is 5.97 Å². The van der Waals surface area contributed by atoms with E-state index in [9.17, 15) is 19.1 Å². The minimum atomic E-state index is -0.952. The molecule has 1 N–H and O–H groups in total. The van der Waals surface area contributed by atoms with Crippen LogP contribution in [0.3, 0.4) is 0 Å². The third-order valence-electron chi connectivity index (χ3n) is 4.33. The molecule has 1 fully saturated rings. The molecule has 0 aromatic heterocycles. The molecule has 6 heteroatoms. The Morgan fingerprint density at radius 3 is 2.65 bits per heavy atom. The summed E-state index contributed by atoms with van der Waals surface area (Å²) >= 11 is 3.28. The molecule has 1 aromatic rings. The Bertz CT molecular complexity index is 628. The fourth-order valence-corrected chi connectivity index (χ4v) is 3.16. The molecule has 1 aliphatic rings. The van der Waals surface area contributed by atoms with Crippen molar-refractivity contribution in [3.05, 3.63) is 46.7 Å². The maximum atomic E-state index is 13.9. The van der Waals surface area contributed by atoms with E-state index in [2.05, 4.69) is 22.5 Å². The van der Waals surface area contributed by atoms with Gasteiger partial charge in [0.1, 0.15) is 5.82 Å². The van der Waals surface area contributed by atoms with Crippen LogP contribution in [0.25, 0.3) is 0 Å². The Kier molecular flexibility index (Phi) is 5.57. The zero-order chi connectivity index (χ0) is 17.0. The van der Waals surface area contributed by atoms with Gasteiger partial charge in [0.05, 0.1) is 5.41 Å². The standard InChI is InChI=1S/C17H19BrFNO3/c1-2-8-20(11-12-9-13(18)4-5-14(12)19)15(21)10-17(16(22)23)6-3-7-17/h2,4-5,9H,1,3,6-8,10-11H2,(H,22,23). The van der Waals surface area contributed by atoms with Gasteiger partial charge in [0.15, 0.2) is 0 Å². The Labute approximate surface area is 143 Å². The first kappa shape index (κ1) is 17.7. The van der Waals surface area contributed by atoms with Crippen LogP contribution in [0.2, 0.25) is 0 Å². The molecule has 23 heavy (non-hydrogen) atoms. The van der Waals surface area contributed by atoms with Gasteiger partial charge in [-0.1, -0.05) is 28.4 Å². The van der Waals surface area contributed by atoms with Crippen LogP contribution in [-0.2, 0) is 16.1 Å². The molecule has 1 saturated carbocycles. The van der Waals surface area contributed by atoms with Gasteiger partial charge in [-0.3, -0.25) is 9.59 Å². The fraction of sp³-hybridized carbons (Fsp3) is 0.412. The first-order chi connectivity index (χ1) is 10.9. The van der Waals surface area contributed by atoms with Crippen molar-refractivity contribution in [1.29, 1.82) is 0 Å². The molecule has 0 radical (unpaired) electrons. The quantitative estimate of drug-likeness (QED) is 0.729. The Hall–Kier alpha value is -1.69. The van der Waals surface area contributed by atoms with Crippen molar-refractivity contribution >= 4 is 27.8 Å². The predicted octanol–water partition coefficient (Wildman–Crippen LogP) is 3.75. The lowest BCUT2D eigenvalue weighted by Gasteiger charge is -2.38. The number of amides is 1. The highest BCUT2D eigenvalue weighted by atomic mass is 79.9. The maximum Gasteiger partial charge on any atom is 0.310 e. The predicted molar refractivity (Wildman–Crippen MR) is 88.3 cm³/mol. The van der Waals surface area contributed by atoms with Crippen LogP contribution in [0.15, 0.2) is 35.3 Å². The lowest BCUT2D eigenvalue weighted by atomic mass is 9.66. The van der Waals surface area contributed by atoms with Crippen molar-refractivity contribution in [1.82, 2.24) is 4.90 Å². The average molecular weight is 384 g/mol. The minimum Gasteiger partial charge on any atom is -0.481 e. The molecule has 0 heterocycles. The second-order valence-electron chi connectivity index (χ2n) is 5.91. The van der Waals surface area contributed by atoms with E-state index in [-0.39, 0.29) is 25.4 Å². The fourth-order valence-electron chi connectivity index (χ4n) is 2.75. The summed E-state index contributed by atoms with van der Waals surface area (Å²) in [5.41, 5.74) is -0.570. The third-order valence-corrected chi connectivity index (χ3v) is 4.82. The number of halogens is 2. The van der Waals surface area contributed by atoms with Gasteiger partial charge in [0, 0.05) is 29.5 Å². The number of carboxylic acids is 1. The summed E-state index contributed by atoms with van der Waals surface area (Å²) in [6.07, 6.45) is 3.36. The van der Waals surface area contributed by atoms with E-state index in [0.717, 1.165) is 10.9 Å². The van der Waals surface area contributed by atoms with Crippen LogP contribution in [0, 0.1) is 11.2 Å². The molecule has 0 bridgehead atoms. The van der Waals surface area contributed by atoms with Gasteiger partial charge in [-0.25, -0.2) is 4.39 Å². The van der Waals surface area contributed by atoms with Crippen molar-refractivity contribution in [2.45, 2.75) is 32.2 Å². The van der Waals surface area contributed by atoms with Crippen LogP contribution >= 0.6 is 15.9 Å². The van der Waals surface area contributed by atoms with E-state index in [4.69, 9.17) is 0 Å². The zero-order valence-electron chi connectivity index (χ0n) is 12.7. The molecule has 2 rings (SSSR count). The van der Waals surface area contributed by atoms with E-state index in [1.54, 1.807) is 18.2 Å². The number of aliphatic carboxylic acids is 1. The summed E-state index contributed by atoms with van der Waals surface area (Å²) in [6.45, 7) is 3.96. The van der Waals surface area contributed by atoms with E-state index >= 15 is 0 Å². The van der Waals surface area contributed by atoms with E-state index in [0.29, 0.717) is 18.4 Å². The molecule has 4 nitrogen and oxygen atoms in total. The maximum absolute atomic E-state index is 13.9. The highest BCUT2D eigenvalue weighted by molar-refractivity contribution is 9.10. The monoisotopic (exact) mass is 383 g/mol. The van der Waals surface area contributed by atoms with Crippen molar-refractivity contribution in [3.8, 4) is 0 Å². The van der Waals surface area contributed by atoms with Crippen molar-refractivity contribution in [2.75, 3.05) is 6.54 Å². The summed E-state index contributed by atoms with van der Waals surface area (Å²) in [6, 6.07) is 4.54. The molecule has 1 amide bonds. The summed E-state index contributed by atoms with van der Waals surface area (Å²) in [5.74, 6) is -1.61. The van der Waals surface area contributed by atoms with Gasteiger partial charge in [-0.05, 0) is 31.0 Å². The molecule has 0 spiro atoms. The first-order valence-electron chi connectivity index (χ1n) is 7.44. The topological polar surface area (TPSA) is 57.6 Å². The summed E-state index contributed by atoms with van der Waals surface area (Å²) in [7, 11) is 0. The smallest absolute Gasteiger partial charge is 0.310 e. The highest BCUT2D eigenvalue weighted by Crippen LogP contribution is 2.44. The molecule has 0 saturated heterocycles. The molecular formula is C17H19BrFNO3. The Balaban J connectivity index is 2.14. The zero-order valence-corrected chi connectivity index (χ0v) is 14.3. The lowest BCUT2D eigenvalue weighted by molar-refractivity contribution is -0.159. The largest absolute Gasteiger partial charge is 0.481 e. The van der Waals surface area contributed by atoms with Crippen molar-refractivity contribution in [3.63, 3.8) is 0 Å². The molecule has 0 aliphatic heterocycles. The molecule has 124 valence electrons. The second kappa shape index (κ2) is 7.25. The summed E-state index contributed by atoms with van der Waals surface area (Å²) in [4.78, 5) is 25.4. The second-order valence-corrected chi connectivity index (χ2v) is 6.83. The Morgan fingerprint density at radius 2 is 2.13 bits per heavy atom. The number of benzene rings is 1.